The normalized spacial score (nSPS) is 13.6. The smallest absolute Gasteiger partial charge is 0.336 e. The Morgan fingerprint density at radius 2 is 1.71 bits per heavy atom. The zero-order valence-electron chi connectivity index (χ0n) is 10.9. The van der Waals surface area contributed by atoms with Crippen LogP contribution in [0.5, 0.6) is 0 Å². The molecule has 0 fully saturated rings. The molecule has 0 saturated carbocycles. The van der Waals surface area contributed by atoms with Gasteiger partial charge in [0.2, 0.25) is 0 Å². The molecule has 21 heavy (non-hydrogen) atoms. The van der Waals surface area contributed by atoms with Crippen LogP contribution in [0.4, 0.5) is 0 Å². The number of rotatable bonds is 7. The monoisotopic (exact) mass is 294 g/mol. The van der Waals surface area contributed by atoms with Gasteiger partial charge in [-0.15, -0.1) is 0 Å². The Hall–Kier alpha value is -2.67. The molecule has 1 aromatic carbocycles. The van der Waals surface area contributed by atoms with Gasteiger partial charge in [0.15, 0.2) is 5.60 Å². The molecular weight excluding hydrogens is 280 g/mol. The standard InChI is InChI=1S/C14H14O7/c15-11(16)8-14(20,13(18)19)9-12(17)21-7-6-10-4-2-1-3-5-10/h1-7,20H,8-9H2,(H,15,16)(H,18,19). The van der Waals surface area contributed by atoms with Gasteiger partial charge < -0.3 is 20.1 Å². The van der Waals surface area contributed by atoms with Crippen molar-refractivity contribution in [2.24, 2.45) is 0 Å². The van der Waals surface area contributed by atoms with Crippen molar-refractivity contribution in [1.82, 2.24) is 0 Å². The predicted molar refractivity (Wildman–Crippen MR) is 71.0 cm³/mol. The molecule has 0 spiro atoms. The first-order valence-electron chi connectivity index (χ1n) is 5.92. The van der Waals surface area contributed by atoms with Crippen molar-refractivity contribution >= 4 is 24.0 Å². The van der Waals surface area contributed by atoms with E-state index < -0.39 is 36.4 Å². The summed E-state index contributed by atoms with van der Waals surface area (Å²) in [6.45, 7) is 0. The summed E-state index contributed by atoms with van der Waals surface area (Å²) < 4.78 is 4.64. The number of hydrogen-bond donors (Lipinski definition) is 3. The van der Waals surface area contributed by atoms with Gasteiger partial charge in [-0.1, -0.05) is 30.3 Å². The maximum absolute atomic E-state index is 11.4. The van der Waals surface area contributed by atoms with E-state index >= 15 is 0 Å². The van der Waals surface area contributed by atoms with E-state index in [0.29, 0.717) is 0 Å². The Balaban J connectivity index is 2.61. The first kappa shape index (κ1) is 16.4. The third-order valence-electron chi connectivity index (χ3n) is 2.54. The van der Waals surface area contributed by atoms with E-state index in [1.807, 2.05) is 6.07 Å². The minimum absolute atomic E-state index is 0.754. The number of carboxylic acid groups (broad SMARTS) is 2. The Morgan fingerprint density at radius 1 is 1.10 bits per heavy atom. The molecule has 0 aliphatic rings. The number of carbonyl (C=O) groups excluding carboxylic acids is 1. The van der Waals surface area contributed by atoms with Gasteiger partial charge in [0.1, 0.15) is 0 Å². The summed E-state index contributed by atoms with van der Waals surface area (Å²) in [6, 6.07) is 8.86. The number of aliphatic carboxylic acids is 2. The molecule has 0 heterocycles. The largest absolute Gasteiger partial charge is 0.481 e. The van der Waals surface area contributed by atoms with Crippen LogP contribution in [0, 0.1) is 0 Å². The Labute approximate surface area is 120 Å². The van der Waals surface area contributed by atoms with Gasteiger partial charge in [0, 0.05) is 0 Å². The van der Waals surface area contributed by atoms with Crippen LogP contribution in [0.1, 0.15) is 18.4 Å². The second-order valence-corrected chi connectivity index (χ2v) is 4.29. The van der Waals surface area contributed by atoms with Crippen LogP contribution >= 0.6 is 0 Å². The van der Waals surface area contributed by atoms with E-state index in [9.17, 15) is 19.5 Å². The van der Waals surface area contributed by atoms with Crippen LogP contribution in [0.15, 0.2) is 36.6 Å². The first-order valence-corrected chi connectivity index (χ1v) is 5.92. The highest BCUT2D eigenvalue weighted by molar-refractivity contribution is 5.88. The van der Waals surface area contributed by atoms with Gasteiger partial charge in [0.05, 0.1) is 19.1 Å². The van der Waals surface area contributed by atoms with Crippen LogP contribution in [-0.4, -0.2) is 38.8 Å². The lowest BCUT2D eigenvalue weighted by Gasteiger charge is -2.19. The summed E-state index contributed by atoms with van der Waals surface area (Å²) in [6.07, 6.45) is 0.448. The van der Waals surface area contributed by atoms with Gasteiger partial charge in [-0.05, 0) is 11.6 Å². The van der Waals surface area contributed by atoms with E-state index in [1.54, 1.807) is 24.3 Å². The molecule has 0 aliphatic carbocycles. The van der Waals surface area contributed by atoms with Crippen molar-refractivity contribution in [2.45, 2.75) is 18.4 Å². The number of esters is 1. The molecule has 112 valence electrons. The third kappa shape index (κ3) is 5.45. The fourth-order valence-corrected chi connectivity index (χ4v) is 1.50. The molecule has 3 N–H and O–H groups in total. The molecule has 7 heteroatoms. The van der Waals surface area contributed by atoms with Crippen molar-refractivity contribution in [2.75, 3.05) is 0 Å². The van der Waals surface area contributed by atoms with Gasteiger partial charge in [-0.25, -0.2) is 4.79 Å². The summed E-state index contributed by atoms with van der Waals surface area (Å²) in [5.41, 5.74) is -1.94. The summed E-state index contributed by atoms with van der Waals surface area (Å²) in [5.74, 6) is -4.38. The second kappa shape index (κ2) is 7.20. The lowest BCUT2D eigenvalue weighted by molar-refractivity contribution is -0.170. The maximum atomic E-state index is 11.4. The average Bonchev–Trinajstić information content (AvgIpc) is 2.38. The highest BCUT2D eigenvalue weighted by atomic mass is 16.5. The van der Waals surface area contributed by atoms with Crippen molar-refractivity contribution in [3.05, 3.63) is 42.2 Å². The molecular formula is C14H14O7. The predicted octanol–water partition coefficient (Wildman–Crippen LogP) is 0.881. The van der Waals surface area contributed by atoms with Gasteiger partial charge in [-0.2, -0.15) is 0 Å². The molecule has 1 aromatic rings. The molecule has 1 atom stereocenters. The lowest BCUT2D eigenvalue weighted by atomic mass is 9.96. The number of hydrogen-bond acceptors (Lipinski definition) is 5. The maximum Gasteiger partial charge on any atom is 0.336 e. The summed E-state index contributed by atoms with van der Waals surface area (Å²) >= 11 is 0. The summed E-state index contributed by atoms with van der Waals surface area (Å²) in [7, 11) is 0. The van der Waals surface area contributed by atoms with E-state index in [-0.39, 0.29) is 0 Å². The Bertz CT molecular complexity index is 550. The van der Waals surface area contributed by atoms with E-state index in [4.69, 9.17) is 10.2 Å². The van der Waals surface area contributed by atoms with E-state index in [0.717, 1.165) is 11.8 Å². The number of aliphatic hydroxyl groups is 1. The zero-order valence-corrected chi connectivity index (χ0v) is 10.9. The van der Waals surface area contributed by atoms with Crippen molar-refractivity contribution in [3.8, 4) is 0 Å². The molecule has 0 aromatic heterocycles. The second-order valence-electron chi connectivity index (χ2n) is 4.29. The minimum atomic E-state index is -2.69. The fourth-order valence-electron chi connectivity index (χ4n) is 1.50. The Morgan fingerprint density at radius 3 is 2.24 bits per heavy atom. The molecule has 0 bridgehead atoms. The highest BCUT2D eigenvalue weighted by Crippen LogP contribution is 2.17. The van der Waals surface area contributed by atoms with Crippen molar-refractivity contribution in [1.29, 1.82) is 0 Å². The molecule has 7 nitrogen and oxygen atoms in total. The van der Waals surface area contributed by atoms with Gasteiger partial charge in [0.25, 0.3) is 0 Å². The van der Waals surface area contributed by atoms with Crippen LogP contribution in [-0.2, 0) is 19.1 Å². The van der Waals surface area contributed by atoms with Gasteiger partial charge >= 0.3 is 17.9 Å². The molecule has 0 saturated heterocycles. The highest BCUT2D eigenvalue weighted by Gasteiger charge is 2.41. The summed E-state index contributed by atoms with van der Waals surface area (Å²) in [5, 5.41) is 27.0. The van der Waals surface area contributed by atoms with Crippen LogP contribution in [0.2, 0.25) is 0 Å². The van der Waals surface area contributed by atoms with E-state index in [1.165, 1.54) is 6.08 Å². The molecule has 0 amide bonds. The number of ether oxygens (including phenoxy) is 1. The molecule has 0 aliphatic heterocycles. The van der Waals surface area contributed by atoms with Crippen LogP contribution < -0.4 is 0 Å². The average molecular weight is 294 g/mol. The van der Waals surface area contributed by atoms with Crippen molar-refractivity contribution in [3.63, 3.8) is 0 Å². The minimum Gasteiger partial charge on any atom is -0.481 e. The van der Waals surface area contributed by atoms with E-state index in [2.05, 4.69) is 4.74 Å². The summed E-state index contributed by atoms with van der Waals surface area (Å²) in [4.78, 5) is 32.8. The number of carboxylic acids is 2. The SMILES string of the molecule is O=C(O)CC(O)(CC(=O)OC=Cc1ccccc1)C(=O)O. The first-order chi connectivity index (χ1) is 9.83. The molecule has 1 unspecified atom stereocenters. The fraction of sp³-hybridized carbons (Fsp3) is 0.214. The number of benzene rings is 1. The lowest BCUT2D eigenvalue weighted by Crippen LogP contribution is -2.42. The van der Waals surface area contributed by atoms with Crippen molar-refractivity contribution < 1.29 is 34.4 Å². The van der Waals surface area contributed by atoms with Crippen LogP contribution in [0.25, 0.3) is 6.08 Å². The zero-order chi connectivity index (χ0) is 15.9. The molecule has 1 rings (SSSR count). The van der Waals surface area contributed by atoms with Gasteiger partial charge in [-0.3, -0.25) is 9.59 Å². The quantitative estimate of drug-likeness (QED) is 0.504. The molecule has 0 radical (unpaired) electrons. The Kier molecular flexibility index (Phi) is 5.62. The third-order valence-corrected chi connectivity index (χ3v) is 2.54. The van der Waals surface area contributed by atoms with Crippen LogP contribution in [0.3, 0.4) is 0 Å². The topological polar surface area (TPSA) is 121 Å². The number of carbonyl (C=O) groups is 3.